The molecule has 0 unspecified atom stereocenters. The van der Waals surface area contributed by atoms with Crippen molar-refractivity contribution in [3.63, 3.8) is 0 Å². The minimum atomic E-state index is 0.238. The van der Waals surface area contributed by atoms with E-state index in [1.807, 2.05) is 0 Å². The van der Waals surface area contributed by atoms with Gasteiger partial charge in [-0.2, -0.15) is 10.2 Å². The van der Waals surface area contributed by atoms with Crippen LogP contribution in [-0.2, 0) is 0 Å². The number of piperidine rings is 1. The van der Waals surface area contributed by atoms with Crippen molar-refractivity contribution in [3.8, 4) is 6.07 Å². The van der Waals surface area contributed by atoms with Gasteiger partial charge in [-0.25, -0.2) is 0 Å². The molecular weight excluding hydrogens is 281 g/mol. The van der Waals surface area contributed by atoms with Gasteiger partial charge in [0.25, 0.3) is 10.3 Å². The molecular formula is C11H11Cl3N3+. The molecule has 90 valence electrons. The summed E-state index contributed by atoms with van der Waals surface area (Å²) in [7, 11) is 0. The molecule has 0 aliphatic carbocycles. The fourth-order valence-electron chi connectivity index (χ4n) is 2.05. The van der Waals surface area contributed by atoms with Gasteiger partial charge in [0.05, 0.1) is 5.69 Å². The Morgan fingerprint density at radius 1 is 1.06 bits per heavy atom. The zero-order chi connectivity index (χ0) is 12.4. The average Bonchev–Trinajstić information content (AvgIpc) is 2.34. The zero-order valence-corrected chi connectivity index (χ0v) is 11.3. The van der Waals surface area contributed by atoms with Crippen molar-refractivity contribution in [1.82, 2.24) is 0 Å². The Morgan fingerprint density at radius 3 is 2.29 bits per heavy atom. The molecule has 1 aromatic heterocycles. The molecule has 0 aromatic carbocycles. The van der Waals surface area contributed by atoms with Crippen LogP contribution in [-0.4, -0.2) is 13.1 Å². The Hall–Kier alpha value is -0.690. The summed E-state index contributed by atoms with van der Waals surface area (Å²) >= 11 is 18.1. The van der Waals surface area contributed by atoms with Gasteiger partial charge >= 0.3 is 0 Å². The van der Waals surface area contributed by atoms with Gasteiger partial charge in [0.15, 0.2) is 5.56 Å². The third-order valence-corrected chi connectivity index (χ3v) is 3.89. The fraction of sp³-hybridized carbons (Fsp3) is 0.455. The largest absolute Gasteiger partial charge is 0.369 e. The van der Waals surface area contributed by atoms with Crippen LogP contribution in [0, 0.1) is 11.3 Å². The maximum atomic E-state index is 9.16. The maximum absolute atomic E-state index is 9.16. The lowest BCUT2D eigenvalue weighted by Crippen LogP contribution is -2.31. The quantitative estimate of drug-likeness (QED) is 0.745. The van der Waals surface area contributed by atoms with E-state index in [0.717, 1.165) is 25.9 Å². The summed E-state index contributed by atoms with van der Waals surface area (Å²) in [6, 6.07) is 2.08. The van der Waals surface area contributed by atoms with Gasteiger partial charge in [0.1, 0.15) is 11.1 Å². The van der Waals surface area contributed by atoms with Gasteiger partial charge < -0.3 is 4.90 Å². The number of pyridine rings is 1. The number of H-pyrrole nitrogens is 1. The predicted molar refractivity (Wildman–Crippen MR) is 68.8 cm³/mol. The number of aromatic nitrogens is 1. The van der Waals surface area contributed by atoms with Crippen molar-refractivity contribution in [3.05, 3.63) is 20.9 Å². The van der Waals surface area contributed by atoms with Crippen molar-refractivity contribution in [2.75, 3.05) is 18.0 Å². The van der Waals surface area contributed by atoms with Gasteiger partial charge in [0, 0.05) is 13.1 Å². The summed E-state index contributed by atoms with van der Waals surface area (Å²) in [5, 5.41) is 10.0. The Balaban J connectivity index is 2.53. The molecule has 1 aromatic rings. The van der Waals surface area contributed by atoms with Crippen LogP contribution in [0.4, 0.5) is 5.69 Å². The smallest absolute Gasteiger partial charge is 0.295 e. The minimum Gasteiger partial charge on any atom is -0.369 e. The maximum Gasteiger partial charge on any atom is 0.295 e. The lowest BCUT2D eigenvalue weighted by atomic mass is 10.1. The first-order valence-electron chi connectivity index (χ1n) is 5.40. The van der Waals surface area contributed by atoms with Gasteiger partial charge in [0.2, 0.25) is 0 Å². The summed E-state index contributed by atoms with van der Waals surface area (Å²) in [5.74, 6) is 0. The highest BCUT2D eigenvalue weighted by Crippen LogP contribution is 2.36. The second-order valence-electron chi connectivity index (χ2n) is 3.95. The molecule has 1 fully saturated rings. The second kappa shape index (κ2) is 5.30. The molecule has 0 amide bonds. The van der Waals surface area contributed by atoms with Crippen molar-refractivity contribution in [1.29, 1.82) is 5.26 Å². The van der Waals surface area contributed by atoms with E-state index in [-0.39, 0.29) is 10.3 Å². The van der Waals surface area contributed by atoms with Crippen LogP contribution < -0.4 is 9.88 Å². The van der Waals surface area contributed by atoms with E-state index in [1.54, 1.807) is 0 Å². The van der Waals surface area contributed by atoms with E-state index in [9.17, 15) is 0 Å². The fourth-order valence-corrected chi connectivity index (χ4v) is 2.77. The van der Waals surface area contributed by atoms with E-state index in [4.69, 9.17) is 40.1 Å². The molecule has 1 aliphatic rings. The molecule has 1 aliphatic heterocycles. The lowest BCUT2D eigenvalue weighted by Gasteiger charge is -2.29. The molecule has 2 rings (SSSR count). The van der Waals surface area contributed by atoms with Crippen LogP contribution >= 0.6 is 34.8 Å². The molecule has 1 N–H and O–H groups in total. The number of nitrogens with one attached hydrogen (secondary N) is 1. The molecule has 0 atom stereocenters. The summed E-state index contributed by atoms with van der Waals surface area (Å²) < 4.78 is 0. The molecule has 0 saturated carbocycles. The SMILES string of the molecule is N#Cc1c(Cl)[nH+]c(Cl)c(Cl)c1N1CCCCC1. The number of hydrogen-bond acceptors (Lipinski definition) is 2. The van der Waals surface area contributed by atoms with Crippen LogP contribution in [0.25, 0.3) is 0 Å². The van der Waals surface area contributed by atoms with Crippen LogP contribution in [0.1, 0.15) is 24.8 Å². The number of rotatable bonds is 1. The molecule has 2 heterocycles. The zero-order valence-electron chi connectivity index (χ0n) is 9.06. The summed E-state index contributed by atoms with van der Waals surface area (Å²) in [6.07, 6.45) is 3.39. The van der Waals surface area contributed by atoms with Gasteiger partial charge in [-0.3, -0.25) is 0 Å². The number of aromatic amines is 1. The normalized spacial score (nSPS) is 15.8. The van der Waals surface area contributed by atoms with Crippen molar-refractivity contribution in [2.24, 2.45) is 0 Å². The average molecular weight is 292 g/mol. The first kappa shape index (κ1) is 12.8. The number of anilines is 1. The monoisotopic (exact) mass is 290 g/mol. The minimum absolute atomic E-state index is 0.238. The third-order valence-electron chi connectivity index (χ3n) is 2.86. The number of nitriles is 1. The molecule has 0 radical (unpaired) electrons. The Morgan fingerprint density at radius 2 is 1.71 bits per heavy atom. The van der Waals surface area contributed by atoms with Gasteiger partial charge in [-0.15, -0.1) is 0 Å². The first-order chi connectivity index (χ1) is 8.15. The van der Waals surface area contributed by atoms with E-state index in [1.165, 1.54) is 6.42 Å². The highest BCUT2D eigenvalue weighted by Gasteiger charge is 2.27. The van der Waals surface area contributed by atoms with E-state index >= 15 is 0 Å². The third kappa shape index (κ3) is 2.44. The van der Waals surface area contributed by atoms with Crippen LogP contribution in [0.5, 0.6) is 0 Å². The Labute approximate surface area is 115 Å². The van der Waals surface area contributed by atoms with Crippen molar-refractivity contribution in [2.45, 2.75) is 19.3 Å². The van der Waals surface area contributed by atoms with Gasteiger partial charge in [-0.1, -0.05) is 11.6 Å². The topological polar surface area (TPSA) is 41.2 Å². The Bertz CT molecular complexity index is 476. The van der Waals surface area contributed by atoms with Gasteiger partial charge in [-0.05, 0) is 42.5 Å². The molecule has 3 nitrogen and oxygen atoms in total. The molecule has 17 heavy (non-hydrogen) atoms. The number of hydrogen-bond donors (Lipinski definition) is 0. The summed E-state index contributed by atoms with van der Waals surface area (Å²) in [4.78, 5) is 4.77. The Kier molecular flexibility index (Phi) is 3.98. The van der Waals surface area contributed by atoms with E-state index < -0.39 is 0 Å². The summed E-state index contributed by atoms with van der Waals surface area (Å²) in [6.45, 7) is 1.76. The highest BCUT2D eigenvalue weighted by atomic mass is 35.5. The first-order valence-corrected chi connectivity index (χ1v) is 6.53. The predicted octanol–water partition coefficient (Wildman–Crippen LogP) is 3.32. The molecule has 6 heteroatoms. The molecule has 1 saturated heterocycles. The molecule has 0 bridgehead atoms. The van der Waals surface area contributed by atoms with Crippen molar-refractivity contribution < 1.29 is 4.98 Å². The second-order valence-corrected chi connectivity index (χ2v) is 5.08. The van der Waals surface area contributed by atoms with E-state index in [0.29, 0.717) is 16.3 Å². The number of halogens is 3. The highest BCUT2D eigenvalue weighted by molar-refractivity contribution is 6.43. The standard InChI is InChI=1S/C11H10Cl3N3/c12-8-9(17-4-2-1-3-5-17)7(6-15)10(13)16-11(8)14/h1-5H2/p+1. The van der Waals surface area contributed by atoms with Crippen molar-refractivity contribution >= 4 is 40.5 Å². The lowest BCUT2D eigenvalue weighted by molar-refractivity contribution is -0.372. The van der Waals surface area contributed by atoms with Crippen LogP contribution in [0.2, 0.25) is 15.3 Å². The molecule has 0 spiro atoms. The summed E-state index contributed by atoms with van der Waals surface area (Å²) in [5.41, 5.74) is 1.02. The van der Waals surface area contributed by atoms with Crippen LogP contribution in [0.15, 0.2) is 0 Å². The van der Waals surface area contributed by atoms with E-state index in [2.05, 4.69) is 16.0 Å². The number of nitrogens with zero attached hydrogens (tertiary/aromatic N) is 2. The van der Waals surface area contributed by atoms with Crippen LogP contribution in [0.3, 0.4) is 0 Å².